The van der Waals surface area contributed by atoms with Gasteiger partial charge in [-0.1, -0.05) is 0 Å². The molecule has 1 aliphatic heterocycles. The van der Waals surface area contributed by atoms with Gasteiger partial charge in [0, 0.05) is 30.9 Å². The number of carbonyl (C=O) groups excluding carboxylic acids is 1. The summed E-state index contributed by atoms with van der Waals surface area (Å²) in [5.41, 5.74) is 2.44. The number of likely N-dealkylation sites (tertiary alicyclic amines) is 1. The number of aliphatic hydroxyl groups is 1. The summed E-state index contributed by atoms with van der Waals surface area (Å²) in [5.74, 6) is -0.0768. The highest BCUT2D eigenvalue weighted by atomic mass is 16.3. The number of amides is 1. The third kappa shape index (κ3) is 2.44. The molecule has 3 heterocycles. The molecule has 20 heavy (non-hydrogen) atoms. The molecule has 1 saturated heterocycles. The van der Waals surface area contributed by atoms with Crippen molar-refractivity contribution < 1.29 is 9.90 Å². The van der Waals surface area contributed by atoms with Crippen molar-refractivity contribution in [1.82, 2.24) is 25.3 Å². The van der Waals surface area contributed by atoms with Gasteiger partial charge in [0.1, 0.15) is 0 Å². The summed E-state index contributed by atoms with van der Waals surface area (Å²) in [7, 11) is 0. The number of nitrogens with zero attached hydrogens (tertiary/aromatic N) is 3. The van der Waals surface area contributed by atoms with Crippen molar-refractivity contribution in [3.05, 3.63) is 35.4 Å². The van der Waals surface area contributed by atoms with Crippen LogP contribution in [-0.2, 0) is 6.42 Å². The molecule has 1 fully saturated rings. The molecule has 0 aliphatic carbocycles. The minimum Gasteiger partial charge on any atom is -0.391 e. The fourth-order valence-electron chi connectivity index (χ4n) is 2.62. The largest absolute Gasteiger partial charge is 0.391 e. The Morgan fingerprint density at radius 3 is 3.05 bits per heavy atom. The lowest BCUT2D eigenvalue weighted by Gasteiger charge is -2.14. The standard InChI is InChI=1S/C13H17N5O2/c1-8-2-11(17-16-8)3-9-6-18(7-12(9)19)13(20)10-4-14-15-5-10/h2,4-5,9,12,19H,3,6-7H2,1H3,(H,14,15)(H,16,17)/t9-,12-/m1/s1. The van der Waals surface area contributed by atoms with Crippen molar-refractivity contribution in [2.75, 3.05) is 13.1 Å². The highest BCUT2D eigenvalue weighted by Crippen LogP contribution is 2.22. The minimum absolute atomic E-state index is 0.0218. The van der Waals surface area contributed by atoms with Crippen LogP contribution in [0.25, 0.3) is 0 Å². The maximum atomic E-state index is 12.2. The van der Waals surface area contributed by atoms with Crippen molar-refractivity contribution in [2.45, 2.75) is 19.4 Å². The normalized spacial score (nSPS) is 22.4. The van der Waals surface area contributed by atoms with Gasteiger partial charge in [-0.2, -0.15) is 10.2 Å². The molecule has 7 heteroatoms. The zero-order chi connectivity index (χ0) is 14.1. The zero-order valence-electron chi connectivity index (χ0n) is 11.2. The van der Waals surface area contributed by atoms with Gasteiger partial charge in [-0.25, -0.2) is 0 Å². The average molecular weight is 275 g/mol. The molecule has 0 aromatic carbocycles. The summed E-state index contributed by atoms with van der Waals surface area (Å²) in [6, 6.07) is 1.97. The number of carbonyl (C=O) groups is 1. The number of H-pyrrole nitrogens is 2. The second kappa shape index (κ2) is 5.09. The van der Waals surface area contributed by atoms with E-state index in [0.29, 0.717) is 25.1 Å². The fourth-order valence-corrected chi connectivity index (χ4v) is 2.62. The molecular formula is C13H17N5O2. The molecule has 106 valence electrons. The van der Waals surface area contributed by atoms with E-state index in [-0.39, 0.29) is 11.8 Å². The molecular weight excluding hydrogens is 258 g/mol. The van der Waals surface area contributed by atoms with Gasteiger partial charge in [-0.15, -0.1) is 0 Å². The summed E-state index contributed by atoms with van der Waals surface area (Å²) < 4.78 is 0. The number of aromatic nitrogens is 4. The smallest absolute Gasteiger partial charge is 0.257 e. The predicted molar refractivity (Wildman–Crippen MR) is 71.0 cm³/mol. The Balaban J connectivity index is 1.66. The molecule has 0 unspecified atom stereocenters. The maximum absolute atomic E-state index is 12.2. The van der Waals surface area contributed by atoms with Crippen molar-refractivity contribution in [3.8, 4) is 0 Å². The van der Waals surface area contributed by atoms with Gasteiger partial charge in [-0.3, -0.25) is 15.0 Å². The first-order valence-electron chi connectivity index (χ1n) is 6.60. The molecule has 7 nitrogen and oxygen atoms in total. The monoisotopic (exact) mass is 275 g/mol. The average Bonchev–Trinajstić information content (AvgIpc) is 3.12. The summed E-state index contributed by atoms with van der Waals surface area (Å²) in [6.45, 7) is 2.84. The van der Waals surface area contributed by atoms with Gasteiger partial charge < -0.3 is 10.0 Å². The maximum Gasteiger partial charge on any atom is 0.257 e. The number of hydrogen-bond acceptors (Lipinski definition) is 4. The Morgan fingerprint density at radius 2 is 2.40 bits per heavy atom. The van der Waals surface area contributed by atoms with Gasteiger partial charge in [-0.05, 0) is 19.4 Å². The summed E-state index contributed by atoms with van der Waals surface area (Å²) in [5, 5.41) is 23.6. The fraction of sp³-hybridized carbons (Fsp3) is 0.462. The van der Waals surface area contributed by atoms with Crippen LogP contribution in [0.1, 0.15) is 21.7 Å². The molecule has 3 rings (SSSR count). The van der Waals surface area contributed by atoms with Gasteiger partial charge in [0.15, 0.2) is 0 Å². The molecule has 0 bridgehead atoms. The number of aromatic amines is 2. The molecule has 2 aromatic heterocycles. The third-order valence-electron chi connectivity index (χ3n) is 3.67. The Kier molecular flexibility index (Phi) is 3.27. The van der Waals surface area contributed by atoms with Gasteiger partial charge in [0.05, 0.1) is 23.6 Å². The van der Waals surface area contributed by atoms with E-state index in [1.54, 1.807) is 11.1 Å². The van der Waals surface area contributed by atoms with Gasteiger partial charge in [0.2, 0.25) is 0 Å². The van der Waals surface area contributed by atoms with Gasteiger partial charge in [0.25, 0.3) is 5.91 Å². The molecule has 3 N–H and O–H groups in total. The van der Waals surface area contributed by atoms with Crippen LogP contribution in [-0.4, -0.2) is 55.5 Å². The Bertz CT molecular complexity index is 592. The first-order valence-corrected chi connectivity index (χ1v) is 6.60. The van der Waals surface area contributed by atoms with Crippen LogP contribution in [0.4, 0.5) is 0 Å². The topological polar surface area (TPSA) is 97.9 Å². The number of aryl methyl sites for hydroxylation is 1. The van der Waals surface area contributed by atoms with Crippen LogP contribution in [0, 0.1) is 12.8 Å². The molecule has 0 radical (unpaired) electrons. The van der Waals surface area contributed by atoms with E-state index in [0.717, 1.165) is 11.4 Å². The van der Waals surface area contributed by atoms with Crippen molar-refractivity contribution in [3.63, 3.8) is 0 Å². The lowest BCUT2D eigenvalue weighted by molar-refractivity contribution is 0.0764. The predicted octanol–water partition coefficient (Wildman–Crippen LogP) is 0.117. The number of β-amino-alcohol motifs (C(OH)–C–C–N with tert-alkyl or cyclic N) is 1. The zero-order valence-corrected chi connectivity index (χ0v) is 11.2. The summed E-state index contributed by atoms with van der Waals surface area (Å²) >= 11 is 0. The second-order valence-corrected chi connectivity index (χ2v) is 5.27. The Labute approximate surface area is 116 Å². The van der Waals surface area contributed by atoms with E-state index in [4.69, 9.17) is 0 Å². The van der Waals surface area contributed by atoms with Crippen LogP contribution >= 0.6 is 0 Å². The molecule has 1 aliphatic rings. The summed E-state index contributed by atoms with van der Waals surface area (Å²) in [4.78, 5) is 13.9. The quantitative estimate of drug-likeness (QED) is 0.741. The lowest BCUT2D eigenvalue weighted by Crippen LogP contribution is -2.29. The van der Waals surface area contributed by atoms with Crippen molar-refractivity contribution in [2.24, 2.45) is 5.92 Å². The highest BCUT2D eigenvalue weighted by Gasteiger charge is 2.34. The molecule has 0 spiro atoms. The molecule has 0 saturated carbocycles. The number of hydrogen-bond donors (Lipinski definition) is 3. The third-order valence-corrected chi connectivity index (χ3v) is 3.67. The van der Waals surface area contributed by atoms with E-state index in [9.17, 15) is 9.90 Å². The minimum atomic E-state index is -0.511. The van der Waals surface area contributed by atoms with E-state index in [1.807, 2.05) is 13.0 Å². The van der Waals surface area contributed by atoms with Crippen molar-refractivity contribution in [1.29, 1.82) is 0 Å². The molecule has 1 amide bonds. The number of nitrogens with one attached hydrogen (secondary N) is 2. The molecule has 2 atom stereocenters. The first-order chi connectivity index (χ1) is 9.63. The van der Waals surface area contributed by atoms with E-state index in [2.05, 4.69) is 20.4 Å². The van der Waals surface area contributed by atoms with E-state index in [1.165, 1.54) is 6.20 Å². The Morgan fingerprint density at radius 1 is 1.55 bits per heavy atom. The first kappa shape index (κ1) is 12.9. The number of rotatable bonds is 3. The van der Waals surface area contributed by atoms with Crippen LogP contribution in [0.2, 0.25) is 0 Å². The summed E-state index contributed by atoms with van der Waals surface area (Å²) in [6.07, 6.45) is 3.22. The Hall–Kier alpha value is -2.15. The van der Waals surface area contributed by atoms with Gasteiger partial charge >= 0.3 is 0 Å². The van der Waals surface area contributed by atoms with Crippen LogP contribution in [0.15, 0.2) is 18.5 Å². The lowest BCUT2D eigenvalue weighted by atomic mass is 10.0. The number of aliphatic hydroxyl groups excluding tert-OH is 1. The van der Waals surface area contributed by atoms with E-state index >= 15 is 0 Å². The SMILES string of the molecule is Cc1cc(C[C@@H]2CN(C(=O)c3cn[nH]c3)C[C@H]2O)n[nH]1. The molecule has 2 aromatic rings. The highest BCUT2D eigenvalue weighted by molar-refractivity contribution is 5.93. The van der Waals surface area contributed by atoms with E-state index < -0.39 is 6.10 Å². The van der Waals surface area contributed by atoms with Crippen LogP contribution in [0.5, 0.6) is 0 Å². The second-order valence-electron chi connectivity index (χ2n) is 5.27. The van der Waals surface area contributed by atoms with Crippen LogP contribution in [0.3, 0.4) is 0 Å². The van der Waals surface area contributed by atoms with Crippen LogP contribution < -0.4 is 0 Å². The van der Waals surface area contributed by atoms with Crippen molar-refractivity contribution >= 4 is 5.91 Å².